The van der Waals surface area contributed by atoms with Crippen LogP contribution in [-0.4, -0.2) is 46.6 Å². The van der Waals surface area contributed by atoms with Gasteiger partial charge in [-0.1, -0.05) is 12.1 Å². The maximum Gasteiger partial charge on any atom is 0.241 e. The lowest BCUT2D eigenvalue weighted by Crippen LogP contribution is -2.46. The number of fused-ring (bicyclic) bond motifs is 2. The van der Waals surface area contributed by atoms with Gasteiger partial charge in [-0.05, 0) is 30.7 Å². The van der Waals surface area contributed by atoms with Crippen molar-refractivity contribution in [2.45, 2.75) is 19.0 Å². The number of ether oxygens (including phenoxy) is 1. The summed E-state index contributed by atoms with van der Waals surface area (Å²) in [4.78, 5) is 19.3. The third-order valence-corrected chi connectivity index (χ3v) is 6.19. The first-order chi connectivity index (χ1) is 13.7. The van der Waals surface area contributed by atoms with Gasteiger partial charge in [0.2, 0.25) is 5.91 Å². The van der Waals surface area contributed by atoms with E-state index in [-0.39, 0.29) is 17.7 Å². The first-order valence-corrected chi connectivity index (χ1v) is 10.1. The Kier molecular flexibility index (Phi) is 4.38. The Morgan fingerprint density at radius 2 is 2.21 bits per heavy atom. The third kappa shape index (κ3) is 3.09. The molecule has 7 nitrogen and oxygen atoms in total. The molecule has 2 aliphatic heterocycles. The van der Waals surface area contributed by atoms with Gasteiger partial charge in [-0.2, -0.15) is 0 Å². The fourth-order valence-corrected chi connectivity index (χ4v) is 4.65. The number of hydrogen-bond acceptors (Lipinski definition) is 7. The van der Waals surface area contributed by atoms with Crippen molar-refractivity contribution in [1.29, 1.82) is 0 Å². The highest BCUT2D eigenvalue weighted by Crippen LogP contribution is 2.39. The number of amides is 1. The van der Waals surface area contributed by atoms with Crippen LogP contribution in [0.1, 0.15) is 12.0 Å². The minimum absolute atomic E-state index is 0.0475. The highest BCUT2D eigenvalue weighted by Gasteiger charge is 2.29. The number of carbonyl (C=O) groups is 1. The molecule has 3 N–H and O–H groups in total. The Morgan fingerprint density at radius 1 is 1.32 bits per heavy atom. The van der Waals surface area contributed by atoms with Crippen LogP contribution in [-0.2, 0) is 11.3 Å². The third-order valence-electron chi connectivity index (χ3n) is 5.10. The monoisotopic (exact) mass is 396 g/mol. The molecule has 3 heterocycles. The molecule has 1 aromatic heterocycles. The van der Waals surface area contributed by atoms with E-state index in [4.69, 9.17) is 4.74 Å². The molecule has 0 aliphatic carbocycles. The van der Waals surface area contributed by atoms with Crippen molar-refractivity contribution < 1.29 is 14.6 Å². The number of thiazole rings is 1. The molecule has 144 valence electrons. The number of phenols is 1. The fraction of sp³-hybridized carbons (Fsp3) is 0.300. The summed E-state index contributed by atoms with van der Waals surface area (Å²) in [5, 5.41) is 11.4. The molecule has 0 radical (unpaired) electrons. The molecule has 1 unspecified atom stereocenters. The summed E-state index contributed by atoms with van der Waals surface area (Å²) in [5.74, 6) is 0.589. The number of phenolic OH excluding ortho intramolecular Hbond substituents is 1. The number of nitrogens with one attached hydrogen (secondary N) is 2. The van der Waals surface area contributed by atoms with Gasteiger partial charge in [-0.15, -0.1) is 11.3 Å². The van der Waals surface area contributed by atoms with Gasteiger partial charge in [-0.3, -0.25) is 10.2 Å². The number of aromatic hydroxyl groups is 1. The Labute approximate surface area is 165 Å². The smallest absolute Gasteiger partial charge is 0.241 e. The average molecular weight is 396 g/mol. The second kappa shape index (κ2) is 7.05. The summed E-state index contributed by atoms with van der Waals surface area (Å²) in [6.07, 6.45) is 0.764. The van der Waals surface area contributed by atoms with Gasteiger partial charge in [0.1, 0.15) is 17.7 Å². The number of hydrazine groups is 1. The molecule has 8 heteroatoms. The van der Waals surface area contributed by atoms with E-state index in [1.807, 2.05) is 30.3 Å². The Hall–Kier alpha value is -2.68. The number of carbonyl (C=O) groups excluding carboxylic acids is 1. The molecule has 3 aromatic rings. The van der Waals surface area contributed by atoms with Crippen LogP contribution in [0.5, 0.6) is 11.5 Å². The van der Waals surface area contributed by atoms with E-state index in [0.29, 0.717) is 25.4 Å². The van der Waals surface area contributed by atoms with Crippen molar-refractivity contribution in [3.05, 3.63) is 42.0 Å². The van der Waals surface area contributed by atoms with Crippen molar-refractivity contribution in [3.63, 3.8) is 0 Å². The second-order valence-corrected chi connectivity index (χ2v) is 8.02. The van der Waals surface area contributed by atoms with Crippen LogP contribution < -0.4 is 15.6 Å². The molecule has 28 heavy (non-hydrogen) atoms. The number of aromatic nitrogens is 1. The van der Waals surface area contributed by atoms with Crippen LogP contribution in [0.4, 0.5) is 0 Å². The Bertz CT molecular complexity index is 1010. The topological polar surface area (TPSA) is 86.7 Å². The number of benzene rings is 2. The lowest BCUT2D eigenvalue weighted by atomic mass is 10.1. The zero-order valence-corrected chi connectivity index (χ0v) is 16.0. The molecule has 0 saturated carbocycles. The van der Waals surface area contributed by atoms with Gasteiger partial charge in [0, 0.05) is 24.2 Å². The van der Waals surface area contributed by atoms with Crippen molar-refractivity contribution in [3.8, 4) is 22.1 Å². The summed E-state index contributed by atoms with van der Waals surface area (Å²) < 4.78 is 6.87. The van der Waals surface area contributed by atoms with Gasteiger partial charge in [-0.25, -0.2) is 10.4 Å². The van der Waals surface area contributed by atoms with Crippen LogP contribution in [0.15, 0.2) is 36.4 Å². The van der Waals surface area contributed by atoms with Crippen molar-refractivity contribution in [2.75, 3.05) is 19.7 Å². The number of hydrogen-bond donors (Lipinski definition) is 3. The van der Waals surface area contributed by atoms with Crippen LogP contribution >= 0.6 is 11.3 Å². The van der Waals surface area contributed by atoms with Gasteiger partial charge in [0.05, 0.1) is 16.8 Å². The predicted octanol–water partition coefficient (Wildman–Crippen LogP) is 2.26. The van der Waals surface area contributed by atoms with Crippen molar-refractivity contribution in [1.82, 2.24) is 20.7 Å². The van der Waals surface area contributed by atoms with Crippen LogP contribution in [0.3, 0.4) is 0 Å². The number of rotatable bonds is 2. The highest BCUT2D eigenvalue weighted by atomic mass is 32.1. The van der Waals surface area contributed by atoms with Crippen molar-refractivity contribution in [2.24, 2.45) is 0 Å². The van der Waals surface area contributed by atoms with E-state index < -0.39 is 0 Å². The number of nitrogens with zero attached hydrogens (tertiary/aromatic N) is 2. The maximum atomic E-state index is 12.8. The Morgan fingerprint density at radius 3 is 3.04 bits per heavy atom. The van der Waals surface area contributed by atoms with Gasteiger partial charge < -0.3 is 14.7 Å². The van der Waals surface area contributed by atoms with Crippen molar-refractivity contribution >= 4 is 27.5 Å². The summed E-state index contributed by atoms with van der Waals surface area (Å²) in [6, 6.07) is 11.4. The van der Waals surface area contributed by atoms with E-state index in [2.05, 4.69) is 15.8 Å². The largest absolute Gasteiger partial charge is 0.504 e. The minimum atomic E-state index is -0.220. The molecule has 5 rings (SSSR count). The second-order valence-electron chi connectivity index (χ2n) is 6.99. The maximum absolute atomic E-state index is 12.8. The SMILES string of the molecule is O=C(C1CCNN1)N1CCOc2c(O)cc(-c3nc4ccccc4s3)cc2C1. The van der Waals surface area contributed by atoms with E-state index in [9.17, 15) is 9.90 Å². The zero-order chi connectivity index (χ0) is 19.1. The molecule has 2 aliphatic rings. The molecule has 1 atom stereocenters. The molecule has 2 aromatic carbocycles. The zero-order valence-electron chi connectivity index (χ0n) is 15.1. The van der Waals surface area contributed by atoms with Crippen LogP contribution in [0.25, 0.3) is 20.8 Å². The molecule has 0 spiro atoms. The fourth-order valence-electron chi connectivity index (χ4n) is 3.70. The molecule has 1 saturated heterocycles. The number of para-hydroxylation sites is 1. The lowest BCUT2D eigenvalue weighted by Gasteiger charge is -2.23. The van der Waals surface area contributed by atoms with Gasteiger partial charge in [0.25, 0.3) is 0 Å². The summed E-state index contributed by atoms with van der Waals surface area (Å²) in [7, 11) is 0. The summed E-state index contributed by atoms with van der Waals surface area (Å²) >= 11 is 1.58. The minimum Gasteiger partial charge on any atom is -0.504 e. The van der Waals surface area contributed by atoms with Crippen LogP contribution in [0.2, 0.25) is 0 Å². The Balaban J connectivity index is 1.50. The first-order valence-electron chi connectivity index (χ1n) is 9.31. The van der Waals surface area contributed by atoms with E-state index in [1.54, 1.807) is 22.3 Å². The van der Waals surface area contributed by atoms with E-state index in [0.717, 1.165) is 39.3 Å². The predicted molar refractivity (Wildman–Crippen MR) is 107 cm³/mol. The standard InChI is InChI=1S/C20H20N4O3S/c25-16-10-12(19-22-14-3-1-2-4-17(14)28-19)9-13-11-24(7-8-27-18(13)16)20(26)15-5-6-21-23-15/h1-4,9-10,15,21,23,25H,5-8,11H2. The van der Waals surface area contributed by atoms with Gasteiger partial charge >= 0.3 is 0 Å². The average Bonchev–Trinajstić information content (AvgIpc) is 3.33. The molecule has 1 amide bonds. The molecule has 1 fully saturated rings. The molecular formula is C20H20N4O3S. The first kappa shape index (κ1) is 17.4. The molecule has 0 bridgehead atoms. The highest BCUT2D eigenvalue weighted by molar-refractivity contribution is 7.21. The molecular weight excluding hydrogens is 376 g/mol. The summed E-state index contributed by atoms with van der Waals surface area (Å²) in [5.41, 5.74) is 8.59. The quantitative estimate of drug-likeness (QED) is 0.616. The lowest BCUT2D eigenvalue weighted by molar-refractivity contribution is -0.133. The van der Waals surface area contributed by atoms with Gasteiger partial charge in [0.15, 0.2) is 11.5 Å². The van der Waals surface area contributed by atoms with Crippen LogP contribution in [0, 0.1) is 0 Å². The van der Waals surface area contributed by atoms with E-state index in [1.165, 1.54) is 0 Å². The van der Waals surface area contributed by atoms with E-state index >= 15 is 0 Å². The normalized spacial score (nSPS) is 19.3. The summed E-state index contributed by atoms with van der Waals surface area (Å²) in [6.45, 7) is 2.02.